The van der Waals surface area contributed by atoms with E-state index in [0.717, 1.165) is 22.8 Å². The fourth-order valence-corrected chi connectivity index (χ4v) is 11.0. The van der Waals surface area contributed by atoms with Gasteiger partial charge in [-0.05, 0) is 118 Å². The summed E-state index contributed by atoms with van der Waals surface area (Å²) in [5, 5.41) is 14.3. The molecule has 68 heavy (non-hydrogen) atoms. The van der Waals surface area contributed by atoms with Gasteiger partial charge in [-0.2, -0.15) is 10.2 Å². The second-order valence-electron chi connectivity index (χ2n) is 18.7. The van der Waals surface area contributed by atoms with Gasteiger partial charge in [-0.1, -0.05) is 13.0 Å². The number of carbonyl (C=O) groups is 2. The zero-order valence-electron chi connectivity index (χ0n) is 38.0. The van der Waals surface area contributed by atoms with Crippen LogP contribution < -0.4 is 16.5 Å². The monoisotopic (exact) mass is 919 g/mol. The van der Waals surface area contributed by atoms with Crippen LogP contribution in [0.5, 0.6) is 0 Å². The number of carbonyl (C=O) groups excluding carboxylic acids is 2. The third-order valence-electron chi connectivity index (χ3n) is 14.7. The van der Waals surface area contributed by atoms with Crippen LogP contribution in [0, 0.1) is 38.3 Å². The first-order chi connectivity index (χ1) is 32.8. The third-order valence-corrected chi connectivity index (χ3v) is 14.7. The summed E-state index contributed by atoms with van der Waals surface area (Å²) in [5.41, 5.74) is 8.44. The number of ether oxygens (including phenoxy) is 1. The minimum atomic E-state index is -0.791. The Labute approximate surface area is 387 Å². The zero-order chi connectivity index (χ0) is 46.9. The van der Waals surface area contributed by atoms with E-state index in [1.165, 1.54) is 0 Å². The van der Waals surface area contributed by atoms with Crippen LogP contribution >= 0.6 is 0 Å². The summed E-state index contributed by atoms with van der Waals surface area (Å²) in [5.74, 6) is -0.605. The summed E-state index contributed by atoms with van der Waals surface area (Å²) in [6.07, 6.45) is 7.36. The van der Waals surface area contributed by atoms with Crippen LogP contribution in [-0.4, -0.2) is 81.1 Å². The average Bonchev–Trinajstić information content (AvgIpc) is 4.10. The molecule has 2 amide bonds. The lowest BCUT2D eigenvalue weighted by molar-refractivity contribution is 0.0653. The van der Waals surface area contributed by atoms with Crippen molar-refractivity contribution in [3.05, 3.63) is 141 Å². The molecule has 5 atom stereocenters. The fraction of sp³-hybridized carbons (Fsp3) is 0.320. The Hall–Kier alpha value is -7.44. The molecule has 18 heteroatoms. The molecule has 16 nitrogen and oxygen atoms in total. The van der Waals surface area contributed by atoms with Crippen molar-refractivity contribution in [1.82, 2.24) is 53.9 Å². The molecule has 2 N–H and O–H groups in total. The van der Waals surface area contributed by atoms with Gasteiger partial charge in [0.15, 0.2) is 5.82 Å². The summed E-state index contributed by atoms with van der Waals surface area (Å²) in [4.78, 5) is 54.0. The van der Waals surface area contributed by atoms with Gasteiger partial charge in [-0.15, -0.1) is 5.48 Å². The Morgan fingerprint density at radius 1 is 0.897 bits per heavy atom. The topological polar surface area (TPSA) is 160 Å². The molecule has 1 saturated carbocycles. The van der Waals surface area contributed by atoms with E-state index in [9.17, 15) is 9.59 Å². The number of aryl methyl sites for hydroxylation is 3. The predicted molar refractivity (Wildman–Crippen MR) is 247 cm³/mol. The largest absolute Gasteiger partial charge is 0.427 e. The molecule has 8 heterocycles. The number of imidazole rings is 1. The molecule has 2 saturated heterocycles. The highest BCUT2D eigenvalue weighted by molar-refractivity contribution is 6.00. The van der Waals surface area contributed by atoms with Crippen LogP contribution in [0.3, 0.4) is 0 Å². The quantitative estimate of drug-likeness (QED) is 0.158. The summed E-state index contributed by atoms with van der Waals surface area (Å²) in [6, 6.07) is 17.8. The Balaban J connectivity index is 0.984. The van der Waals surface area contributed by atoms with E-state index in [0.29, 0.717) is 94.4 Å². The first-order valence-electron chi connectivity index (χ1n) is 22.9. The lowest BCUT2D eigenvalue weighted by Gasteiger charge is -2.35. The molecule has 0 bridgehead atoms. The third kappa shape index (κ3) is 6.22. The molecule has 2 unspecified atom stereocenters. The first-order valence-corrected chi connectivity index (χ1v) is 22.9. The van der Waals surface area contributed by atoms with Crippen molar-refractivity contribution in [2.75, 3.05) is 19.8 Å². The maximum absolute atomic E-state index is 15.6. The van der Waals surface area contributed by atoms with Crippen LogP contribution in [0.2, 0.25) is 0 Å². The summed E-state index contributed by atoms with van der Waals surface area (Å²) in [7, 11) is 0. The molecule has 0 radical (unpaired) electrons. The number of halogens is 2. The maximum Gasteiger partial charge on any atom is 0.427 e. The maximum atomic E-state index is 15.6. The Kier molecular flexibility index (Phi) is 9.44. The van der Waals surface area contributed by atoms with Crippen molar-refractivity contribution in [2.24, 2.45) is 5.92 Å². The second kappa shape index (κ2) is 15.3. The van der Waals surface area contributed by atoms with Crippen LogP contribution in [0.1, 0.15) is 77.3 Å². The number of nitrogens with one attached hydrogen (secondary N) is 2. The van der Waals surface area contributed by atoms with E-state index in [1.54, 1.807) is 82.5 Å². The van der Waals surface area contributed by atoms with E-state index in [1.807, 2.05) is 58.6 Å². The molecular formula is C50H47F2N11O5. The van der Waals surface area contributed by atoms with Gasteiger partial charge in [0.1, 0.15) is 23.5 Å². The number of aromatic nitrogens is 8. The van der Waals surface area contributed by atoms with E-state index in [4.69, 9.17) is 14.7 Å². The van der Waals surface area contributed by atoms with E-state index in [2.05, 4.69) is 27.8 Å². The lowest BCUT2D eigenvalue weighted by Crippen LogP contribution is -2.49. The fourth-order valence-electron chi connectivity index (χ4n) is 11.0. The zero-order valence-corrected chi connectivity index (χ0v) is 38.0. The highest BCUT2D eigenvalue weighted by Crippen LogP contribution is 2.55. The Morgan fingerprint density at radius 2 is 1.68 bits per heavy atom. The van der Waals surface area contributed by atoms with Gasteiger partial charge in [0.05, 0.1) is 58.7 Å². The molecule has 12 rings (SSSR count). The number of fused-ring (bicyclic) bond motifs is 3. The lowest BCUT2D eigenvalue weighted by atomic mass is 9.98. The predicted octanol–water partition coefficient (Wildman–Crippen LogP) is 7.41. The Bertz CT molecular complexity index is 3460. The molecule has 5 aromatic heterocycles. The second-order valence-corrected chi connectivity index (χ2v) is 18.7. The van der Waals surface area contributed by atoms with Crippen molar-refractivity contribution >= 4 is 33.8 Å². The molecule has 3 aromatic carbocycles. The van der Waals surface area contributed by atoms with Gasteiger partial charge >= 0.3 is 11.8 Å². The molecule has 8 aromatic rings. The molecule has 3 fully saturated rings. The van der Waals surface area contributed by atoms with Crippen LogP contribution in [0.4, 0.5) is 13.6 Å². The van der Waals surface area contributed by atoms with Crippen molar-refractivity contribution in [3.8, 4) is 28.3 Å². The number of rotatable bonds is 8. The first kappa shape index (κ1) is 42.0. The number of hydrogen-bond donors (Lipinski definition) is 2. The van der Waals surface area contributed by atoms with Gasteiger partial charge in [0.2, 0.25) is 0 Å². The molecule has 4 aliphatic rings. The minimum Gasteiger partial charge on any atom is -0.379 e. The molecule has 346 valence electrons. The van der Waals surface area contributed by atoms with Gasteiger partial charge < -0.3 is 19.0 Å². The van der Waals surface area contributed by atoms with Crippen molar-refractivity contribution in [3.63, 3.8) is 0 Å². The van der Waals surface area contributed by atoms with Crippen LogP contribution in [0.25, 0.3) is 50.1 Å². The standard InChI is InChI=1S/C50H47F2N11O5/c1-26-18-36(19-27(2)43(26)51)63-45(60-16-15-59(49(60)66)34-7-9-40-33(21-34)24-54-62(40)35-12-17-67-25-35)42-30(5)58(14-11-38(42)56-63)46(64)41-22-32-20-31(37-10-13-53-29(4)44(37)52)6-8-39(32)61(41)50(23-28(50)3)47-55-48(65)68-57-47/h6-10,13,15-16,18-22,24,28,30,35,47,57H,11-12,14,17,23,25H2,1-5H3,(H,55,65)/t28-,30-,35?,47?,50-/m0/s1. The number of benzene rings is 3. The number of amides is 2. The van der Waals surface area contributed by atoms with Crippen molar-refractivity contribution < 1.29 is 27.9 Å². The van der Waals surface area contributed by atoms with E-state index >= 15 is 13.6 Å². The van der Waals surface area contributed by atoms with Crippen LogP contribution in [0.15, 0.2) is 90.2 Å². The minimum absolute atomic E-state index is 0.0108. The van der Waals surface area contributed by atoms with E-state index < -0.39 is 29.7 Å². The molecule has 3 aliphatic heterocycles. The van der Waals surface area contributed by atoms with Gasteiger partial charge in [-0.25, -0.2) is 23.1 Å². The normalized spacial score (nSPS) is 22.3. The summed E-state index contributed by atoms with van der Waals surface area (Å²) in [6.45, 7) is 10.6. The highest BCUT2D eigenvalue weighted by Gasteiger charge is 2.62. The molecular weight excluding hydrogens is 873 g/mol. The van der Waals surface area contributed by atoms with Gasteiger partial charge in [-0.3, -0.25) is 28.9 Å². The highest BCUT2D eigenvalue weighted by atomic mass is 19.1. The summed E-state index contributed by atoms with van der Waals surface area (Å²) < 4.78 is 45.1. The number of nitrogens with zero attached hydrogens (tertiary/aromatic N) is 9. The number of pyridine rings is 1. The number of hydroxylamine groups is 1. The van der Waals surface area contributed by atoms with Gasteiger partial charge in [0, 0.05) is 65.6 Å². The van der Waals surface area contributed by atoms with E-state index in [-0.39, 0.29) is 35.1 Å². The van der Waals surface area contributed by atoms with Gasteiger partial charge in [0.25, 0.3) is 5.91 Å². The van der Waals surface area contributed by atoms with Crippen LogP contribution in [-0.2, 0) is 21.5 Å². The van der Waals surface area contributed by atoms with Crippen molar-refractivity contribution in [1.29, 1.82) is 0 Å². The van der Waals surface area contributed by atoms with Crippen molar-refractivity contribution in [2.45, 2.75) is 77.7 Å². The average molecular weight is 920 g/mol. The molecule has 0 spiro atoms. The SMILES string of the molecule is Cc1cc(-n2nc3c(c2-n2ccn(-c4ccc5c(cnn5C5CCOC5)c4)c2=O)[C@H](C)N(C(=O)c2cc4cc(-c5ccnc(C)c5F)ccc4n2[C@@]2(C4NOC(=O)N4)C[C@@H]2C)CC3)cc(C)c1F. The molecule has 1 aliphatic carbocycles. The Morgan fingerprint density at radius 3 is 2.41 bits per heavy atom. The smallest absolute Gasteiger partial charge is 0.379 e. The number of hydrogen-bond acceptors (Lipinski definition) is 9. The summed E-state index contributed by atoms with van der Waals surface area (Å²) >= 11 is 0.